The highest BCUT2D eigenvalue weighted by Crippen LogP contribution is 2.43. The SMILES string of the molecule is CCCCCC1CCC(C2CCCC(COc3c(C)cc(OCC)c(F)c3F)C2)CC1. The van der Waals surface area contributed by atoms with Gasteiger partial charge < -0.3 is 9.47 Å². The lowest BCUT2D eigenvalue weighted by molar-refractivity contribution is 0.110. The summed E-state index contributed by atoms with van der Waals surface area (Å²) in [6, 6.07) is 1.54. The number of rotatable bonds is 10. The Morgan fingerprint density at radius 1 is 0.871 bits per heavy atom. The van der Waals surface area contributed by atoms with Crippen LogP contribution in [0.15, 0.2) is 6.07 Å². The number of hydrogen-bond acceptors (Lipinski definition) is 2. The molecule has 2 fully saturated rings. The molecule has 1 aromatic rings. The Kier molecular flexibility index (Phi) is 9.47. The second-order valence-electron chi connectivity index (χ2n) is 9.96. The van der Waals surface area contributed by atoms with E-state index in [1.165, 1.54) is 70.6 Å². The maximum absolute atomic E-state index is 14.5. The van der Waals surface area contributed by atoms with Crippen LogP contribution in [0.3, 0.4) is 0 Å². The third-order valence-electron chi connectivity index (χ3n) is 7.67. The van der Waals surface area contributed by atoms with Crippen molar-refractivity contribution in [1.29, 1.82) is 0 Å². The zero-order valence-corrected chi connectivity index (χ0v) is 19.9. The van der Waals surface area contributed by atoms with Crippen molar-refractivity contribution in [3.8, 4) is 11.5 Å². The van der Waals surface area contributed by atoms with Crippen molar-refractivity contribution in [2.45, 2.75) is 97.8 Å². The molecule has 0 spiro atoms. The summed E-state index contributed by atoms with van der Waals surface area (Å²) >= 11 is 0. The molecular formula is C27H42F2O2. The van der Waals surface area contributed by atoms with Crippen molar-refractivity contribution in [2.75, 3.05) is 13.2 Å². The van der Waals surface area contributed by atoms with E-state index in [0.29, 0.717) is 24.7 Å². The quantitative estimate of drug-likeness (QED) is 0.344. The Bertz CT molecular complexity index is 682. The van der Waals surface area contributed by atoms with Gasteiger partial charge in [-0.25, -0.2) is 0 Å². The summed E-state index contributed by atoms with van der Waals surface area (Å²) in [4.78, 5) is 0. The highest BCUT2D eigenvalue weighted by molar-refractivity contribution is 5.42. The van der Waals surface area contributed by atoms with Crippen LogP contribution >= 0.6 is 0 Å². The normalized spacial score (nSPS) is 26.6. The lowest BCUT2D eigenvalue weighted by atomic mass is 9.68. The first-order chi connectivity index (χ1) is 15.0. The molecule has 2 unspecified atom stereocenters. The number of unbranched alkanes of at least 4 members (excludes halogenated alkanes) is 2. The van der Waals surface area contributed by atoms with E-state index in [-0.39, 0.29) is 11.5 Å². The Morgan fingerprint density at radius 2 is 1.65 bits per heavy atom. The van der Waals surface area contributed by atoms with Gasteiger partial charge in [0, 0.05) is 0 Å². The Morgan fingerprint density at radius 3 is 2.35 bits per heavy atom. The fourth-order valence-electron chi connectivity index (χ4n) is 5.89. The standard InChI is InChI=1S/C27H42F2O2/c1-4-6-7-9-20-12-14-22(15-13-20)23-11-8-10-21(17-23)18-31-27-19(3)16-24(30-5-2)25(28)26(27)29/h16,20-23H,4-15,17-18H2,1-3H3. The van der Waals surface area contributed by atoms with Crippen LogP contribution in [0, 0.1) is 42.2 Å². The number of ether oxygens (including phenoxy) is 2. The van der Waals surface area contributed by atoms with Crippen LogP contribution in [0.5, 0.6) is 11.5 Å². The molecule has 0 amide bonds. The van der Waals surface area contributed by atoms with Gasteiger partial charge in [0.2, 0.25) is 11.6 Å². The number of aryl methyl sites for hydroxylation is 1. The second kappa shape index (κ2) is 12.1. The molecule has 2 aliphatic rings. The van der Waals surface area contributed by atoms with E-state index in [1.54, 1.807) is 19.9 Å². The highest BCUT2D eigenvalue weighted by atomic mass is 19.2. The summed E-state index contributed by atoms with van der Waals surface area (Å²) < 4.78 is 39.8. The van der Waals surface area contributed by atoms with E-state index in [0.717, 1.165) is 24.2 Å². The van der Waals surface area contributed by atoms with Gasteiger partial charge >= 0.3 is 0 Å². The zero-order valence-electron chi connectivity index (χ0n) is 19.9. The van der Waals surface area contributed by atoms with Gasteiger partial charge in [0.1, 0.15) is 0 Å². The summed E-state index contributed by atoms with van der Waals surface area (Å²) in [7, 11) is 0. The lowest BCUT2D eigenvalue weighted by Gasteiger charge is -2.38. The molecule has 2 atom stereocenters. The van der Waals surface area contributed by atoms with E-state index in [2.05, 4.69) is 6.92 Å². The summed E-state index contributed by atoms with van der Waals surface area (Å²) in [5.41, 5.74) is 0.594. The van der Waals surface area contributed by atoms with Gasteiger partial charge in [0.05, 0.1) is 13.2 Å². The Balaban J connectivity index is 1.49. The minimum atomic E-state index is -0.945. The van der Waals surface area contributed by atoms with Crippen LogP contribution in [0.1, 0.15) is 96.5 Å². The van der Waals surface area contributed by atoms with Crippen molar-refractivity contribution < 1.29 is 18.3 Å². The third kappa shape index (κ3) is 6.58. The third-order valence-corrected chi connectivity index (χ3v) is 7.67. The maximum atomic E-state index is 14.5. The molecule has 0 saturated heterocycles. The molecule has 2 nitrogen and oxygen atoms in total. The fraction of sp³-hybridized carbons (Fsp3) is 0.778. The fourth-order valence-corrected chi connectivity index (χ4v) is 5.89. The zero-order chi connectivity index (χ0) is 22.2. The minimum Gasteiger partial charge on any atom is -0.491 e. The van der Waals surface area contributed by atoms with Crippen LogP contribution in [0.25, 0.3) is 0 Å². The maximum Gasteiger partial charge on any atom is 0.204 e. The monoisotopic (exact) mass is 436 g/mol. The van der Waals surface area contributed by atoms with Gasteiger partial charge in [-0.05, 0) is 74.8 Å². The molecule has 0 radical (unpaired) electrons. The lowest BCUT2D eigenvalue weighted by Crippen LogP contribution is -2.29. The van der Waals surface area contributed by atoms with Crippen molar-refractivity contribution in [3.05, 3.63) is 23.3 Å². The van der Waals surface area contributed by atoms with Crippen molar-refractivity contribution in [1.82, 2.24) is 0 Å². The number of halogens is 2. The Hall–Kier alpha value is -1.32. The Labute approximate surface area is 188 Å². The molecule has 2 aliphatic carbocycles. The van der Waals surface area contributed by atoms with Crippen molar-refractivity contribution in [2.24, 2.45) is 23.7 Å². The van der Waals surface area contributed by atoms with Crippen LogP contribution in [0.4, 0.5) is 8.78 Å². The van der Waals surface area contributed by atoms with Crippen LogP contribution < -0.4 is 9.47 Å². The highest BCUT2D eigenvalue weighted by Gasteiger charge is 2.32. The van der Waals surface area contributed by atoms with Crippen LogP contribution in [0.2, 0.25) is 0 Å². The molecule has 0 aliphatic heterocycles. The first-order valence-electron chi connectivity index (χ1n) is 12.8. The minimum absolute atomic E-state index is 0.0344. The largest absolute Gasteiger partial charge is 0.491 e. The van der Waals surface area contributed by atoms with Gasteiger partial charge in [0.15, 0.2) is 11.5 Å². The molecule has 0 aromatic heterocycles. The molecule has 1 aromatic carbocycles. The van der Waals surface area contributed by atoms with Crippen molar-refractivity contribution >= 4 is 0 Å². The van der Waals surface area contributed by atoms with E-state index >= 15 is 0 Å². The molecular weight excluding hydrogens is 394 g/mol. The molecule has 0 bridgehead atoms. The molecule has 176 valence electrons. The van der Waals surface area contributed by atoms with Gasteiger partial charge in [-0.3, -0.25) is 0 Å². The number of benzene rings is 1. The topological polar surface area (TPSA) is 18.5 Å². The average molecular weight is 437 g/mol. The van der Waals surface area contributed by atoms with Crippen molar-refractivity contribution in [3.63, 3.8) is 0 Å². The molecule has 31 heavy (non-hydrogen) atoms. The van der Waals surface area contributed by atoms with Crippen LogP contribution in [-0.4, -0.2) is 13.2 Å². The molecule has 3 rings (SSSR count). The van der Waals surface area contributed by atoms with E-state index in [9.17, 15) is 8.78 Å². The second-order valence-corrected chi connectivity index (χ2v) is 9.96. The van der Waals surface area contributed by atoms with E-state index in [4.69, 9.17) is 9.47 Å². The van der Waals surface area contributed by atoms with Gasteiger partial charge in [-0.2, -0.15) is 8.78 Å². The number of hydrogen-bond donors (Lipinski definition) is 0. The summed E-state index contributed by atoms with van der Waals surface area (Å²) in [5, 5.41) is 0. The first kappa shape index (κ1) is 24.3. The summed E-state index contributed by atoms with van der Waals surface area (Å²) in [6.07, 6.45) is 15.9. The smallest absolute Gasteiger partial charge is 0.204 e. The van der Waals surface area contributed by atoms with Gasteiger partial charge in [-0.1, -0.05) is 58.3 Å². The molecule has 0 heterocycles. The summed E-state index contributed by atoms with van der Waals surface area (Å²) in [5.74, 6) is 1.18. The van der Waals surface area contributed by atoms with E-state index < -0.39 is 11.6 Å². The van der Waals surface area contributed by atoms with Gasteiger partial charge in [0.25, 0.3) is 0 Å². The average Bonchev–Trinajstić information content (AvgIpc) is 2.78. The molecule has 0 N–H and O–H groups in total. The predicted molar refractivity (Wildman–Crippen MR) is 123 cm³/mol. The summed E-state index contributed by atoms with van der Waals surface area (Å²) in [6.45, 7) is 6.58. The predicted octanol–water partition coefficient (Wildman–Crippen LogP) is 8.24. The van der Waals surface area contributed by atoms with Gasteiger partial charge in [-0.15, -0.1) is 0 Å². The first-order valence-corrected chi connectivity index (χ1v) is 12.8. The van der Waals surface area contributed by atoms with Crippen LogP contribution in [-0.2, 0) is 0 Å². The molecule has 2 saturated carbocycles. The molecule has 4 heteroatoms. The van der Waals surface area contributed by atoms with E-state index in [1.807, 2.05) is 0 Å².